The summed E-state index contributed by atoms with van der Waals surface area (Å²) in [6.45, 7) is 7.20. The first-order chi connectivity index (χ1) is 14.3. The van der Waals surface area contributed by atoms with Gasteiger partial charge < -0.3 is 0 Å². The molecule has 0 heterocycles. The Morgan fingerprint density at radius 2 is 0.966 bits per heavy atom. The molecule has 0 bridgehead atoms. The molecule has 4 rings (SSSR count). The van der Waals surface area contributed by atoms with Crippen molar-refractivity contribution >= 4 is 38.6 Å². The third-order valence-corrected chi connectivity index (χ3v) is 18.3. The van der Waals surface area contributed by atoms with E-state index in [9.17, 15) is 4.79 Å². The molecule has 29 heavy (non-hydrogen) atoms. The van der Waals surface area contributed by atoms with Gasteiger partial charge in [-0.05, 0) is 0 Å². The van der Waals surface area contributed by atoms with Gasteiger partial charge in [0.05, 0.1) is 0 Å². The first kappa shape index (κ1) is 19.2. The monoisotopic (exact) mass is 481 g/mol. The van der Waals surface area contributed by atoms with Crippen LogP contribution in [0.5, 0.6) is 0 Å². The first-order valence-electron chi connectivity index (χ1n) is 9.45. The van der Waals surface area contributed by atoms with Crippen LogP contribution in [0.1, 0.15) is 10.4 Å². The summed E-state index contributed by atoms with van der Waals surface area (Å²) in [5.74, 6) is 0. The molecule has 0 aliphatic carbocycles. The van der Waals surface area contributed by atoms with Crippen LogP contribution in [0.3, 0.4) is 0 Å². The summed E-state index contributed by atoms with van der Waals surface area (Å²) in [4.78, 5) is 17.7. The second-order valence-electron chi connectivity index (χ2n) is 6.84. The van der Waals surface area contributed by atoms with Crippen molar-refractivity contribution < 1.29 is 4.79 Å². The van der Waals surface area contributed by atoms with Gasteiger partial charge in [-0.3, -0.25) is 0 Å². The number of benzene rings is 4. The molecule has 0 atom stereocenters. The van der Waals surface area contributed by atoms with Gasteiger partial charge in [0.1, 0.15) is 0 Å². The maximum atomic E-state index is 14.3. The zero-order chi connectivity index (χ0) is 20.1. The predicted octanol–water partition coefficient (Wildman–Crippen LogP) is 4.13. The van der Waals surface area contributed by atoms with Gasteiger partial charge in [-0.2, -0.15) is 0 Å². The summed E-state index contributed by atoms with van der Waals surface area (Å²) < 4.78 is 3.56. The fraction of sp³-hybridized carbons (Fsp3) is 0. The molecule has 4 aromatic carbocycles. The Hall–Kier alpha value is -3.16. The van der Waals surface area contributed by atoms with Gasteiger partial charge in [-0.25, -0.2) is 0 Å². The van der Waals surface area contributed by atoms with Crippen molar-refractivity contribution in [1.82, 2.24) is 0 Å². The molecule has 0 radical (unpaired) electrons. The summed E-state index contributed by atoms with van der Waals surface area (Å²) in [5.41, 5.74) is 1.21. The van der Waals surface area contributed by atoms with E-state index in [0.29, 0.717) is 11.3 Å². The van der Waals surface area contributed by atoms with Gasteiger partial charge in [-0.1, -0.05) is 0 Å². The van der Waals surface area contributed by atoms with Crippen molar-refractivity contribution in [3.63, 3.8) is 0 Å². The summed E-state index contributed by atoms with van der Waals surface area (Å²) in [6, 6.07) is 37.7. The average molecular weight is 480 g/mol. The number of carbonyl (C=O) groups is 1. The molecule has 0 aliphatic rings. The van der Waals surface area contributed by atoms with Crippen LogP contribution < -0.4 is 10.7 Å². The number of carbonyl (C=O) groups excluding carboxylic acids is 1. The summed E-state index contributed by atoms with van der Waals surface area (Å²) in [7, 11) is 0. The van der Waals surface area contributed by atoms with Gasteiger partial charge in [0.2, 0.25) is 0 Å². The van der Waals surface area contributed by atoms with Crippen molar-refractivity contribution in [3.8, 4) is 0 Å². The Balaban J connectivity index is 2.05. The fourth-order valence-electron chi connectivity index (χ4n) is 3.86. The van der Waals surface area contributed by atoms with Gasteiger partial charge >= 0.3 is 176 Å². The summed E-state index contributed by atoms with van der Waals surface area (Å²) >= 11 is -4.05. The molecular weight excluding hydrogens is 461 g/mol. The van der Waals surface area contributed by atoms with Crippen molar-refractivity contribution in [3.05, 3.63) is 132 Å². The number of rotatable bonds is 5. The molecule has 0 saturated heterocycles. The van der Waals surface area contributed by atoms with Gasteiger partial charge in [0.15, 0.2) is 0 Å². The van der Waals surface area contributed by atoms with Gasteiger partial charge in [-0.15, -0.1) is 0 Å². The van der Waals surface area contributed by atoms with E-state index in [-0.39, 0.29) is 3.80 Å². The average Bonchev–Trinajstić information content (AvgIpc) is 2.82. The van der Waals surface area contributed by atoms with E-state index in [1.165, 1.54) is 0 Å². The van der Waals surface area contributed by atoms with Crippen molar-refractivity contribution in [2.45, 2.75) is 0 Å². The number of hydrogen-bond donors (Lipinski definition) is 0. The van der Waals surface area contributed by atoms with E-state index in [4.69, 9.17) is 6.57 Å². The van der Waals surface area contributed by atoms with Crippen LogP contribution in [-0.4, -0.2) is 22.2 Å². The zero-order valence-corrected chi connectivity index (χ0v) is 18.7. The third kappa shape index (κ3) is 3.50. The zero-order valence-electron chi connectivity index (χ0n) is 15.8. The Kier molecular flexibility index (Phi) is 5.59. The molecule has 0 spiro atoms. The van der Waals surface area contributed by atoms with Crippen LogP contribution in [-0.2, 0) is 0 Å². The second kappa shape index (κ2) is 8.46. The van der Waals surface area contributed by atoms with Gasteiger partial charge in [0.25, 0.3) is 0 Å². The minimum atomic E-state index is -4.05. The van der Waals surface area contributed by atoms with E-state index in [1.807, 2.05) is 54.6 Å². The molecule has 138 valence electrons. The van der Waals surface area contributed by atoms with Crippen molar-refractivity contribution in [1.29, 1.82) is 0 Å². The third-order valence-electron chi connectivity index (χ3n) is 5.22. The van der Waals surface area contributed by atoms with E-state index in [2.05, 4.69) is 41.2 Å². The molecule has 0 fully saturated rings. The molecule has 3 heteroatoms. The second-order valence-corrected chi connectivity index (χ2v) is 17.4. The molecule has 2 nitrogen and oxygen atoms in total. The predicted molar refractivity (Wildman–Crippen MR) is 121 cm³/mol. The molecule has 0 saturated carbocycles. The van der Waals surface area contributed by atoms with E-state index in [0.717, 1.165) is 10.7 Å². The number of nitrogens with zero attached hydrogens (tertiary/aromatic N) is 1. The standard InChI is InChI=1S/C8H4NO.3C6H5.Sn/c1-9-8-4-2-7(6-10)3-5-8;3*1-2-4-6-5-3-1;/h2-5H;3*1-5H;. The molecule has 0 amide bonds. The van der Waals surface area contributed by atoms with Crippen LogP contribution in [0.25, 0.3) is 4.85 Å². The van der Waals surface area contributed by atoms with Crippen LogP contribution in [0.2, 0.25) is 0 Å². The first-order valence-corrected chi connectivity index (χ1v) is 15.2. The van der Waals surface area contributed by atoms with Gasteiger partial charge in [0, 0.05) is 0 Å². The quantitative estimate of drug-likeness (QED) is 0.311. The normalized spacial score (nSPS) is 10.9. The Bertz CT molecular complexity index is 1050. The summed E-state index contributed by atoms with van der Waals surface area (Å²) in [6.07, 6.45) is 0. The van der Waals surface area contributed by atoms with Crippen molar-refractivity contribution in [2.24, 2.45) is 0 Å². The van der Waals surface area contributed by atoms with Crippen LogP contribution in [0.4, 0.5) is 5.69 Å². The van der Waals surface area contributed by atoms with Crippen molar-refractivity contribution in [2.75, 3.05) is 0 Å². The topological polar surface area (TPSA) is 21.4 Å². The minimum absolute atomic E-state index is 0.194. The SMILES string of the molecule is [C-]#[N+]c1ccc([C](=O)[Sn]([c]2ccccc2)([c]2ccccc2)[c]2ccccc2)cc1. The van der Waals surface area contributed by atoms with Crippen LogP contribution in [0, 0.1) is 6.57 Å². The molecule has 0 aromatic heterocycles. The van der Waals surface area contributed by atoms with Crippen LogP contribution in [0.15, 0.2) is 115 Å². The van der Waals surface area contributed by atoms with E-state index >= 15 is 0 Å². The molecule has 0 N–H and O–H groups in total. The fourth-order valence-corrected chi connectivity index (χ4v) is 16.6. The van der Waals surface area contributed by atoms with E-state index in [1.54, 1.807) is 24.3 Å². The van der Waals surface area contributed by atoms with Crippen LogP contribution >= 0.6 is 0 Å². The Morgan fingerprint density at radius 1 is 0.586 bits per heavy atom. The molecule has 0 unspecified atom stereocenters. The number of hydrogen-bond acceptors (Lipinski definition) is 1. The molecular formula is C26H19NOSn. The molecule has 4 aromatic rings. The van der Waals surface area contributed by atoms with E-state index < -0.39 is 18.4 Å². The Labute approximate surface area is 175 Å². The Morgan fingerprint density at radius 3 is 1.31 bits per heavy atom. The maximum absolute atomic E-state index is 14.3. The summed E-state index contributed by atoms with van der Waals surface area (Å²) in [5, 5.41) is 0. The molecule has 0 aliphatic heterocycles.